The Labute approximate surface area is 119 Å². The first-order valence-corrected chi connectivity index (χ1v) is 8.16. The van der Waals surface area contributed by atoms with Crippen LogP contribution in [0.4, 0.5) is 0 Å². The standard InChI is InChI=1S/C11H18N2O2S2.ClH/c1-3-12-8-9-13-17(14,15)11-7-5-4-6-10(11)16-2;/h4-7,12-13H,3,8-9H2,1-2H3;1H. The maximum atomic E-state index is 12.0. The number of likely N-dealkylation sites (N-methyl/N-ethyl adjacent to an activating group) is 1. The Morgan fingerprint density at radius 1 is 1.22 bits per heavy atom. The van der Waals surface area contributed by atoms with E-state index in [1.165, 1.54) is 11.8 Å². The lowest BCUT2D eigenvalue weighted by Gasteiger charge is -2.09. The molecular weight excluding hydrogens is 292 g/mol. The number of halogens is 1. The van der Waals surface area contributed by atoms with E-state index in [4.69, 9.17) is 0 Å². The highest BCUT2D eigenvalue weighted by Crippen LogP contribution is 2.23. The zero-order valence-corrected chi connectivity index (χ0v) is 12.9. The Bertz CT molecular complexity index is 452. The molecule has 0 fully saturated rings. The van der Waals surface area contributed by atoms with Gasteiger partial charge >= 0.3 is 0 Å². The van der Waals surface area contributed by atoms with Crippen LogP contribution in [0.25, 0.3) is 0 Å². The van der Waals surface area contributed by atoms with Gasteiger partial charge in [0.2, 0.25) is 10.0 Å². The summed E-state index contributed by atoms with van der Waals surface area (Å²) in [5.74, 6) is 0. The van der Waals surface area contributed by atoms with Crippen molar-refractivity contribution in [3.05, 3.63) is 24.3 Å². The van der Waals surface area contributed by atoms with E-state index in [2.05, 4.69) is 10.0 Å². The summed E-state index contributed by atoms with van der Waals surface area (Å²) in [7, 11) is -3.39. The van der Waals surface area contributed by atoms with Crippen LogP contribution in [0, 0.1) is 0 Å². The third-order valence-corrected chi connectivity index (χ3v) is 4.65. The topological polar surface area (TPSA) is 58.2 Å². The van der Waals surface area contributed by atoms with Crippen LogP contribution in [0.15, 0.2) is 34.1 Å². The number of rotatable bonds is 7. The van der Waals surface area contributed by atoms with Gasteiger partial charge in [0.1, 0.15) is 0 Å². The van der Waals surface area contributed by atoms with Crippen LogP contribution in [-0.4, -0.2) is 34.3 Å². The molecular formula is C11H19ClN2O2S2. The van der Waals surface area contributed by atoms with Crippen LogP contribution in [0.5, 0.6) is 0 Å². The molecule has 0 amide bonds. The second-order valence-electron chi connectivity index (χ2n) is 3.40. The van der Waals surface area contributed by atoms with E-state index in [-0.39, 0.29) is 12.4 Å². The van der Waals surface area contributed by atoms with Gasteiger partial charge in [-0.25, -0.2) is 13.1 Å². The summed E-state index contributed by atoms with van der Waals surface area (Å²) >= 11 is 1.43. The van der Waals surface area contributed by atoms with Crippen molar-refractivity contribution in [1.82, 2.24) is 10.0 Å². The molecule has 0 saturated heterocycles. The molecule has 18 heavy (non-hydrogen) atoms. The van der Waals surface area contributed by atoms with E-state index in [1.54, 1.807) is 12.1 Å². The third-order valence-electron chi connectivity index (χ3n) is 2.20. The molecule has 0 aliphatic heterocycles. The first-order valence-electron chi connectivity index (χ1n) is 5.45. The van der Waals surface area contributed by atoms with Crippen molar-refractivity contribution >= 4 is 34.2 Å². The minimum absolute atomic E-state index is 0. The molecule has 0 bridgehead atoms. The average Bonchev–Trinajstić information content (AvgIpc) is 2.34. The number of hydrogen-bond acceptors (Lipinski definition) is 4. The van der Waals surface area contributed by atoms with Crippen LogP contribution >= 0.6 is 24.2 Å². The number of sulfonamides is 1. The summed E-state index contributed by atoms with van der Waals surface area (Å²) in [5.41, 5.74) is 0. The molecule has 0 atom stereocenters. The molecule has 4 nitrogen and oxygen atoms in total. The Morgan fingerprint density at radius 3 is 2.50 bits per heavy atom. The van der Waals surface area contributed by atoms with E-state index in [1.807, 2.05) is 25.3 Å². The van der Waals surface area contributed by atoms with Crippen molar-refractivity contribution in [2.45, 2.75) is 16.7 Å². The lowest BCUT2D eigenvalue weighted by molar-refractivity contribution is 0.575. The molecule has 0 saturated carbocycles. The number of thioether (sulfide) groups is 1. The third kappa shape index (κ3) is 5.16. The highest BCUT2D eigenvalue weighted by Gasteiger charge is 2.16. The summed E-state index contributed by atoms with van der Waals surface area (Å²) in [4.78, 5) is 1.12. The average molecular weight is 311 g/mol. The largest absolute Gasteiger partial charge is 0.316 e. The van der Waals surface area contributed by atoms with Gasteiger partial charge in [-0.2, -0.15) is 0 Å². The van der Waals surface area contributed by atoms with Gasteiger partial charge in [0.25, 0.3) is 0 Å². The molecule has 0 radical (unpaired) electrons. The minimum atomic E-state index is -3.39. The van der Waals surface area contributed by atoms with Crippen LogP contribution in [0.2, 0.25) is 0 Å². The van der Waals surface area contributed by atoms with Crippen molar-refractivity contribution in [2.24, 2.45) is 0 Å². The van der Waals surface area contributed by atoms with Gasteiger partial charge in [-0.3, -0.25) is 0 Å². The van der Waals surface area contributed by atoms with Crippen LogP contribution < -0.4 is 10.0 Å². The van der Waals surface area contributed by atoms with E-state index in [9.17, 15) is 8.42 Å². The first-order chi connectivity index (χ1) is 8.11. The molecule has 1 rings (SSSR count). The number of hydrogen-bond donors (Lipinski definition) is 2. The van der Waals surface area contributed by atoms with Gasteiger partial charge in [-0.1, -0.05) is 19.1 Å². The van der Waals surface area contributed by atoms with Gasteiger partial charge in [-0.15, -0.1) is 24.2 Å². The molecule has 0 aliphatic carbocycles. The van der Waals surface area contributed by atoms with Crippen LogP contribution in [0.1, 0.15) is 6.92 Å². The predicted molar refractivity (Wildman–Crippen MR) is 79.2 cm³/mol. The fraction of sp³-hybridized carbons (Fsp3) is 0.455. The van der Waals surface area contributed by atoms with Crippen molar-refractivity contribution in [1.29, 1.82) is 0 Å². The fourth-order valence-electron chi connectivity index (χ4n) is 1.37. The minimum Gasteiger partial charge on any atom is -0.316 e. The van der Waals surface area contributed by atoms with E-state index in [0.717, 1.165) is 11.4 Å². The number of benzene rings is 1. The zero-order valence-electron chi connectivity index (χ0n) is 10.5. The highest BCUT2D eigenvalue weighted by atomic mass is 35.5. The van der Waals surface area contributed by atoms with E-state index >= 15 is 0 Å². The second kappa shape index (κ2) is 8.77. The molecule has 104 valence electrons. The Hall–Kier alpha value is -0.270. The van der Waals surface area contributed by atoms with Gasteiger partial charge in [0.15, 0.2) is 0 Å². The van der Waals surface area contributed by atoms with Gasteiger partial charge in [0.05, 0.1) is 4.90 Å². The van der Waals surface area contributed by atoms with Gasteiger partial charge in [0, 0.05) is 18.0 Å². The maximum absolute atomic E-state index is 12.0. The number of nitrogens with one attached hydrogen (secondary N) is 2. The van der Waals surface area contributed by atoms with Gasteiger partial charge < -0.3 is 5.32 Å². The monoisotopic (exact) mass is 310 g/mol. The summed E-state index contributed by atoms with van der Waals surface area (Å²) in [6.07, 6.45) is 1.87. The molecule has 1 aromatic carbocycles. The van der Waals surface area contributed by atoms with Crippen molar-refractivity contribution < 1.29 is 8.42 Å². The molecule has 0 heterocycles. The summed E-state index contributed by atoms with van der Waals surface area (Å²) in [6.45, 7) is 3.86. The van der Waals surface area contributed by atoms with E-state index < -0.39 is 10.0 Å². The molecule has 7 heteroatoms. The molecule has 0 aromatic heterocycles. The lowest BCUT2D eigenvalue weighted by atomic mass is 10.4. The van der Waals surface area contributed by atoms with E-state index in [0.29, 0.717) is 18.0 Å². The van der Waals surface area contributed by atoms with Crippen molar-refractivity contribution in [3.8, 4) is 0 Å². The van der Waals surface area contributed by atoms with Crippen LogP contribution in [-0.2, 0) is 10.0 Å². The quantitative estimate of drug-likeness (QED) is 0.595. The molecule has 1 aromatic rings. The smallest absolute Gasteiger partial charge is 0.241 e. The summed E-state index contributed by atoms with van der Waals surface area (Å²) < 4.78 is 26.6. The summed E-state index contributed by atoms with van der Waals surface area (Å²) in [6, 6.07) is 7.01. The molecule has 0 unspecified atom stereocenters. The Balaban J connectivity index is 0.00000289. The first kappa shape index (κ1) is 17.7. The SMILES string of the molecule is CCNCCNS(=O)(=O)c1ccccc1SC.Cl. The molecule has 0 aliphatic rings. The molecule has 0 spiro atoms. The Morgan fingerprint density at radius 2 is 1.89 bits per heavy atom. The normalized spacial score (nSPS) is 11.0. The molecule has 2 N–H and O–H groups in total. The zero-order chi connectivity index (χ0) is 12.7. The lowest BCUT2D eigenvalue weighted by Crippen LogP contribution is -2.32. The summed E-state index contributed by atoms with van der Waals surface area (Å²) in [5, 5.41) is 3.07. The predicted octanol–water partition coefficient (Wildman–Crippen LogP) is 1.72. The van der Waals surface area contributed by atoms with Gasteiger partial charge in [-0.05, 0) is 24.9 Å². The second-order valence-corrected chi connectivity index (χ2v) is 5.99. The fourth-order valence-corrected chi connectivity index (χ4v) is 3.55. The Kier molecular flexibility index (Phi) is 8.64. The highest BCUT2D eigenvalue weighted by molar-refractivity contribution is 7.99. The van der Waals surface area contributed by atoms with Crippen molar-refractivity contribution in [2.75, 3.05) is 25.9 Å². The maximum Gasteiger partial charge on any atom is 0.241 e. The van der Waals surface area contributed by atoms with Crippen molar-refractivity contribution in [3.63, 3.8) is 0 Å². The van der Waals surface area contributed by atoms with Crippen LogP contribution in [0.3, 0.4) is 0 Å².